The van der Waals surface area contributed by atoms with Gasteiger partial charge in [-0.05, 0) is 46.1 Å². The fraction of sp³-hybridized carbons (Fsp3) is 0.312. The van der Waals surface area contributed by atoms with Gasteiger partial charge in [0.05, 0.1) is 4.47 Å². The van der Waals surface area contributed by atoms with Crippen molar-refractivity contribution in [3.8, 4) is 5.75 Å². The molecule has 0 bridgehead atoms. The summed E-state index contributed by atoms with van der Waals surface area (Å²) in [4.78, 5) is 6.13. The number of halogens is 3. The fourth-order valence-electron chi connectivity index (χ4n) is 2.63. The van der Waals surface area contributed by atoms with Crippen molar-refractivity contribution >= 4 is 15.9 Å². The van der Waals surface area contributed by atoms with Gasteiger partial charge in [-0.2, -0.15) is 0 Å². The lowest BCUT2D eigenvalue weighted by Gasteiger charge is -2.17. The van der Waals surface area contributed by atoms with Gasteiger partial charge < -0.3 is 4.74 Å². The summed E-state index contributed by atoms with van der Waals surface area (Å²) in [5.41, 5.74) is 0.642. The third-order valence-electron chi connectivity index (χ3n) is 3.59. The van der Waals surface area contributed by atoms with Gasteiger partial charge in [0.15, 0.2) is 0 Å². The van der Waals surface area contributed by atoms with Crippen LogP contribution in [0, 0.1) is 11.6 Å². The Morgan fingerprint density at radius 2 is 2.05 bits per heavy atom. The molecule has 2 heterocycles. The number of ether oxygens (including phenoxy) is 1. The van der Waals surface area contributed by atoms with E-state index in [0.717, 1.165) is 35.8 Å². The molecule has 0 aliphatic carbocycles. The van der Waals surface area contributed by atoms with E-state index in [9.17, 15) is 8.78 Å². The van der Waals surface area contributed by atoms with E-state index >= 15 is 0 Å². The number of aromatic nitrogens is 1. The largest absolute Gasteiger partial charge is 0.488 e. The third-order valence-corrected chi connectivity index (χ3v) is 4.18. The fourth-order valence-corrected chi connectivity index (χ4v) is 2.98. The van der Waals surface area contributed by atoms with Gasteiger partial charge in [-0.3, -0.25) is 9.88 Å². The second kappa shape index (κ2) is 6.71. The summed E-state index contributed by atoms with van der Waals surface area (Å²) in [6, 6.07) is 5.45. The summed E-state index contributed by atoms with van der Waals surface area (Å²) in [6.07, 6.45) is 4.32. The van der Waals surface area contributed by atoms with Crippen molar-refractivity contribution in [1.29, 1.82) is 0 Å². The molecule has 1 fully saturated rings. The van der Waals surface area contributed by atoms with Gasteiger partial charge in [0.2, 0.25) is 0 Å². The zero-order valence-corrected chi connectivity index (χ0v) is 13.4. The highest BCUT2D eigenvalue weighted by atomic mass is 79.9. The van der Waals surface area contributed by atoms with Gasteiger partial charge >= 0.3 is 0 Å². The Balaban J connectivity index is 1.59. The van der Waals surface area contributed by atoms with Crippen LogP contribution in [0.25, 0.3) is 0 Å². The predicted octanol–water partition coefficient (Wildman–Crippen LogP) is 3.78. The molecule has 116 valence electrons. The van der Waals surface area contributed by atoms with E-state index in [-0.39, 0.29) is 6.10 Å². The topological polar surface area (TPSA) is 25.4 Å². The Labute approximate surface area is 136 Å². The Bertz CT molecular complexity index is 648. The molecule has 1 atom stereocenters. The molecule has 1 unspecified atom stereocenters. The van der Waals surface area contributed by atoms with Crippen LogP contribution < -0.4 is 4.74 Å². The lowest BCUT2D eigenvalue weighted by atomic mass is 10.2. The maximum Gasteiger partial charge on any atom is 0.137 e. The van der Waals surface area contributed by atoms with Crippen LogP contribution in [0.2, 0.25) is 0 Å². The Morgan fingerprint density at radius 1 is 1.27 bits per heavy atom. The minimum Gasteiger partial charge on any atom is -0.488 e. The molecule has 1 aliphatic heterocycles. The molecule has 0 saturated carbocycles. The first kappa shape index (κ1) is 15.4. The van der Waals surface area contributed by atoms with E-state index in [1.807, 2.05) is 6.07 Å². The number of pyridine rings is 1. The van der Waals surface area contributed by atoms with Crippen molar-refractivity contribution in [2.24, 2.45) is 0 Å². The molecule has 0 radical (unpaired) electrons. The second-order valence-electron chi connectivity index (χ2n) is 5.35. The number of hydrogen-bond acceptors (Lipinski definition) is 3. The van der Waals surface area contributed by atoms with Crippen LogP contribution >= 0.6 is 15.9 Å². The molecule has 0 spiro atoms. The van der Waals surface area contributed by atoms with Crippen LogP contribution in [-0.2, 0) is 6.54 Å². The highest BCUT2D eigenvalue weighted by Gasteiger charge is 2.24. The molecule has 3 nitrogen and oxygen atoms in total. The first-order valence-corrected chi connectivity index (χ1v) is 7.83. The molecule has 3 rings (SSSR count). The molecule has 2 aromatic rings. The average molecular weight is 369 g/mol. The molecule has 1 aromatic carbocycles. The highest BCUT2D eigenvalue weighted by molar-refractivity contribution is 9.10. The van der Waals surface area contributed by atoms with Gasteiger partial charge in [0.1, 0.15) is 23.5 Å². The van der Waals surface area contributed by atoms with Gasteiger partial charge in [0.25, 0.3) is 0 Å². The van der Waals surface area contributed by atoms with Crippen molar-refractivity contribution in [2.75, 3.05) is 13.1 Å². The minimum atomic E-state index is -0.539. The first-order chi connectivity index (χ1) is 10.6. The Morgan fingerprint density at radius 3 is 2.77 bits per heavy atom. The molecule has 6 heteroatoms. The lowest BCUT2D eigenvalue weighted by molar-refractivity contribution is 0.197. The van der Waals surface area contributed by atoms with E-state index in [2.05, 4.69) is 25.8 Å². The summed E-state index contributed by atoms with van der Waals surface area (Å²) in [7, 11) is 0. The van der Waals surface area contributed by atoms with Crippen molar-refractivity contribution in [1.82, 2.24) is 9.88 Å². The van der Waals surface area contributed by atoms with Gasteiger partial charge in [-0.1, -0.05) is 0 Å². The van der Waals surface area contributed by atoms with Crippen LogP contribution in [0.1, 0.15) is 12.0 Å². The van der Waals surface area contributed by atoms with E-state index < -0.39 is 11.6 Å². The number of nitrogens with zero attached hydrogens (tertiary/aromatic N) is 2. The molecule has 0 N–H and O–H groups in total. The summed E-state index contributed by atoms with van der Waals surface area (Å²) in [6.45, 7) is 2.09. The lowest BCUT2D eigenvalue weighted by Crippen LogP contribution is -2.24. The molecule has 0 amide bonds. The first-order valence-electron chi connectivity index (χ1n) is 7.03. The number of benzene rings is 1. The number of likely N-dealkylation sites (tertiary alicyclic amines) is 1. The monoisotopic (exact) mass is 368 g/mol. The van der Waals surface area contributed by atoms with E-state index in [4.69, 9.17) is 4.74 Å². The minimum absolute atomic E-state index is 0.0668. The van der Waals surface area contributed by atoms with E-state index in [1.54, 1.807) is 12.4 Å². The number of hydrogen-bond donors (Lipinski definition) is 0. The van der Waals surface area contributed by atoms with Crippen LogP contribution in [0.5, 0.6) is 5.75 Å². The van der Waals surface area contributed by atoms with Crippen LogP contribution in [0.3, 0.4) is 0 Å². The SMILES string of the molecule is Fc1cc(F)cc(CN2CCC(Oc3ccncc3Br)C2)c1. The quantitative estimate of drug-likeness (QED) is 0.821. The molecule has 1 aromatic heterocycles. The summed E-state index contributed by atoms with van der Waals surface area (Å²) in [5.74, 6) is -0.316. The van der Waals surface area contributed by atoms with Crippen LogP contribution in [-0.4, -0.2) is 29.1 Å². The van der Waals surface area contributed by atoms with Gasteiger partial charge in [0, 0.05) is 38.1 Å². The molecule has 1 saturated heterocycles. The zero-order chi connectivity index (χ0) is 15.5. The summed E-state index contributed by atoms with van der Waals surface area (Å²) in [5, 5.41) is 0. The molecular formula is C16H15BrF2N2O. The highest BCUT2D eigenvalue weighted by Crippen LogP contribution is 2.26. The van der Waals surface area contributed by atoms with Crippen molar-refractivity contribution in [3.63, 3.8) is 0 Å². The molecular weight excluding hydrogens is 354 g/mol. The number of rotatable bonds is 4. The predicted molar refractivity (Wildman–Crippen MR) is 82.6 cm³/mol. The van der Waals surface area contributed by atoms with E-state index in [1.165, 1.54) is 12.1 Å². The summed E-state index contributed by atoms with van der Waals surface area (Å²) >= 11 is 3.40. The van der Waals surface area contributed by atoms with Crippen molar-refractivity contribution in [3.05, 3.63) is 58.3 Å². The normalized spacial score (nSPS) is 18.6. The van der Waals surface area contributed by atoms with Crippen LogP contribution in [0.4, 0.5) is 8.78 Å². The Hall–Kier alpha value is -1.53. The van der Waals surface area contributed by atoms with E-state index in [0.29, 0.717) is 12.1 Å². The average Bonchev–Trinajstić information content (AvgIpc) is 2.87. The smallest absolute Gasteiger partial charge is 0.137 e. The van der Waals surface area contributed by atoms with Gasteiger partial charge in [-0.15, -0.1) is 0 Å². The van der Waals surface area contributed by atoms with Crippen molar-refractivity contribution in [2.45, 2.75) is 19.1 Å². The van der Waals surface area contributed by atoms with Crippen LogP contribution in [0.15, 0.2) is 41.1 Å². The third kappa shape index (κ3) is 3.81. The molecule has 1 aliphatic rings. The standard InChI is InChI=1S/C16H15BrF2N2O/c17-15-8-20-3-1-16(15)22-14-2-4-21(10-14)9-11-5-12(18)7-13(19)6-11/h1,3,5-8,14H,2,4,9-10H2. The van der Waals surface area contributed by atoms with Crippen molar-refractivity contribution < 1.29 is 13.5 Å². The maximum atomic E-state index is 13.2. The summed E-state index contributed by atoms with van der Waals surface area (Å²) < 4.78 is 33.2. The molecule has 22 heavy (non-hydrogen) atoms. The maximum absolute atomic E-state index is 13.2. The zero-order valence-electron chi connectivity index (χ0n) is 11.8. The Kier molecular flexibility index (Phi) is 4.69. The van der Waals surface area contributed by atoms with Gasteiger partial charge in [-0.25, -0.2) is 8.78 Å². The second-order valence-corrected chi connectivity index (χ2v) is 6.20.